The number of hydrogen-bond donors (Lipinski definition) is 1. The maximum Gasteiger partial charge on any atom is 0.250 e. The van der Waals surface area contributed by atoms with E-state index in [1.165, 1.54) is 6.26 Å². The van der Waals surface area contributed by atoms with Gasteiger partial charge in [0.25, 0.3) is 5.56 Å². The quantitative estimate of drug-likeness (QED) is 0.486. The van der Waals surface area contributed by atoms with E-state index in [0.717, 1.165) is 25.2 Å². The molecule has 1 N–H and O–H groups in total. The van der Waals surface area contributed by atoms with E-state index < -0.39 is 0 Å². The van der Waals surface area contributed by atoms with Gasteiger partial charge in [-0.25, -0.2) is 0 Å². The third kappa shape index (κ3) is 3.63. The minimum absolute atomic E-state index is 0.0602. The third-order valence-corrected chi connectivity index (χ3v) is 7.35. The number of benzene rings is 2. The van der Waals surface area contributed by atoms with Crippen LogP contribution < -0.4 is 15.7 Å². The lowest BCUT2D eigenvalue weighted by molar-refractivity contribution is 0.113. The lowest BCUT2D eigenvalue weighted by atomic mass is 9.83. The summed E-state index contributed by atoms with van der Waals surface area (Å²) in [6.07, 6.45) is 2.51. The number of hydrogen-bond acceptors (Lipinski definition) is 6. The molecule has 2 aliphatic rings. The van der Waals surface area contributed by atoms with Crippen LogP contribution in [0.5, 0.6) is 11.5 Å². The van der Waals surface area contributed by atoms with Gasteiger partial charge in [0.1, 0.15) is 23.3 Å². The van der Waals surface area contributed by atoms with E-state index in [1.54, 1.807) is 31.4 Å². The summed E-state index contributed by atoms with van der Waals surface area (Å²) in [6.45, 7) is 2.76. The fraction of sp³-hybridized carbons (Fsp3) is 0.286. The van der Waals surface area contributed by atoms with Gasteiger partial charge in [-0.2, -0.15) is 0 Å². The molecule has 1 saturated heterocycles. The second-order valence-corrected chi connectivity index (χ2v) is 9.51. The average molecular weight is 471 g/mol. The SMILES string of the molecule is COc1ccccc1-c1coc2c(CN3CC4CC(C3)c3cccc(=O)n3C4)c(O)ccc2c1=O. The number of fused-ring (bicyclic) bond motifs is 5. The highest BCUT2D eigenvalue weighted by Crippen LogP contribution is 2.37. The summed E-state index contributed by atoms with van der Waals surface area (Å²) >= 11 is 0. The van der Waals surface area contributed by atoms with Gasteiger partial charge in [-0.15, -0.1) is 0 Å². The smallest absolute Gasteiger partial charge is 0.250 e. The van der Waals surface area contributed by atoms with Crippen molar-refractivity contribution in [2.75, 3.05) is 20.2 Å². The number of rotatable bonds is 4. The van der Waals surface area contributed by atoms with Gasteiger partial charge in [0.05, 0.1) is 23.6 Å². The van der Waals surface area contributed by atoms with Crippen molar-refractivity contribution in [1.82, 2.24) is 9.47 Å². The van der Waals surface area contributed by atoms with Crippen molar-refractivity contribution in [2.24, 2.45) is 5.92 Å². The standard InChI is InChI=1S/C28H26N2O5/c1-34-25-7-3-2-5-19(25)22-16-35-28-20(27(22)33)9-10-24(31)21(28)15-29-12-17-11-18(14-29)23-6-4-8-26(32)30(23)13-17/h2-10,16-18,31H,11-15H2,1H3. The van der Waals surface area contributed by atoms with Crippen LogP contribution in [0.3, 0.4) is 0 Å². The highest BCUT2D eigenvalue weighted by molar-refractivity contribution is 5.86. The summed E-state index contributed by atoms with van der Waals surface area (Å²) in [5, 5.41) is 11.2. The lowest BCUT2D eigenvalue weighted by Gasteiger charge is -2.42. The molecule has 1 fully saturated rings. The predicted molar refractivity (Wildman–Crippen MR) is 133 cm³/mol. The number of aromatic nitrogens is 1. The van der Waals surface area contributed by atoms with Gasteiger partial charge in [0, 0.05) is 49.4 Å². The van der Waals surface area contributed by atoms with Gasteiger partial charge in [-0.05, 0) is 36.6 Å². The number of piperidine rings is 1. The Hall–Kier alpha value is -3.84. The first-order valence-electron chi connectivity index (χ1n) is 11.9. The number of para-hydroxylation sites is 1. The third-order valence-electron chi connectivity index (χ3n) is 7.35. The van der Waals surface area contributed by atoms with Crippen LogP contribution in [0.4, 0.5) is 0 Å². The topological polar surface area (TPSA) is 84.9 Å². The Balaban J connectivity index is 1.36. The molecule has 7 nitrogen and oxygen atoms in total. The molecule has 2 aromatic heterocycles. The zero-order valence-electron chi connectivity index (χ0n) is 19.4. The number of likely N-dealkylation sites (tertiary alicyclic amines) is 1. The molecule has 0 radical (unpaired) electrons. The van der Waals surface area contributed by atoms with E-state index in [9.17, 15) is 14.7 Å². The van der Waals surface area contributed by atoms with E-state index >= 15 is 0 Å². The van der Waals surface area contributed by atoms with Gasteiger partial charge >= 0.3 is 0 Å². The second kappa shape index (κ2) is 8.43. The first kappa shape index (κ1) is 21.7. The van der Waals surface area contributed by atoms with Crippen LogP contribution in [-0.4, -0.2) is 34.8 Å². The summed E-state index contributed by atoms with van der Waals surface area (Å²) in [5.74, 6) is 1.33. The monoisotopic (exact) mass is 470 g/mol. The van der Waals surface area contributed by atoms with Crippen molar-refractivity contribution < 1.29 is 14.3 Å². The van der Waals surface area contributed by atoms with Crippen molar-refractivity contribution in [3.63, 3.8) is 0 Å². The number of methoxy groups -OCH3 is 1. The Kier molecular flexibility index (Phi) is 5.22. The molecule has 2 atom stereocenters. The van der Waals surface area contributed by atoms with Crippen LogP contribution in [0, 0.1) is 5.92 Å². The van der Waals surface area contributed by atoms with E-state index in [4.69, 9.17) is 9.15 Å². The highest BCUT2D eigenvalue weighted by Gasteiger charge is 2.35. The molecule has 4 heterocycles. The Morgan fingerprint density at radius 3 is 2.71 bits per heavy atom. The van der Waals surface area contributed by atoms with Crippen LogP contribution in [0.2, 0.25) is 0 Å². The Bertz CT molecular complexity index is 1550. The first-order chi connectivity index (χ1) is 17.0. The van der Waals surface area contributed by atoms with Crippen LogP contribution in [0.15, 0.2) is 74.9 Å². The maximum atomic E-state index is 13.4. The molecule has 2 unspecified atom stereocenters. The van der Waals surface area contributed by atoms with E-state index in [1.807, 2.05) is 34.9 Å². The molecule has 2 bridgehead atoms. The highest BCUT2D eigenvalue weighted by atomic mass is 16.5. The second-order valence-electron chi connectivity index (χ2n) is 9.51. The van der Waals surface area contributed by atoms with Crippen LogP contribution in [0.1, 0.15) is 23.6 Å². The van der Waals surface area contributed by atoms with Gasteiger partial charge in [0.15, 0.2) is 0 Å². The normalized spacial score (nSPS) is 19.5. The molecule has 0 amide bonds. The van der Waals surface area contributed by atoms with Gasteiger partial charge in [-0.1, -0.05) is 24.3 Å². The number of pyridine rings is 1. The Labute approximate surface area is 201 Å². The van der Waals surface area contributed by atoms with Crippen molar-refractivity contribution in [2.45, 2.75) is 25.4 Å². The Morgan fingerprint density at radius 2 is 1.86 bits per heavy atom. The minimum Gasteiger partial charge on any atom is -0.507 e. The summed E-state index contributed by atoms with van der Waals surface area (Å²) in [5.41, 5.74) is 3.07. The van der Waals surface area contributed by atoms with Crippen molar-refractivity contribution >= 4 is 11.0 Å². The van der Waals surface area contributed by atoms with Gasteiger partial charge < -0.3 is 18.8 Å². The molecule has 35 heavy (non-hydrogen) atoms. The molecule has 2 aliphatic heterocycles. The van der Waals surface area contributed by atoms with Crippen molar-refractivity contribution in [3.05, 3.63) is 92.7 Å². The fourth-order valence-electron chi connectivity index (χ4n) is 5.80. The number of ether oxygens (including phenoxy) is 1. The molecular formula is C28H26N2O5. The zero-order valence-corrected chi connectivity index (χ0v) is 19.4. The minimum atomic E-state index is -0.166. The fourth-order valence-corrected chi connectivity index (χ4v) is 5.80. The number of aromatic hydroxyl groups is 1. The largest absolute Gasteiger partial charge is 0.507 e. The van der Waals surface area contributed by atoms with Crippen LogP contribution in [0.25, 0.3) is 22.1 Å². The van der Waals surface area contributed by atoms with Crippen LogP contribution >= 0.6 is 0 Å². The van der Waals surface area contributed by atoms with Crippen LogP contribution in [-0.2, 0) is 13.1 Å². The molecule has 178 valence electrons. The van der Waals surface area contributed by atoms with E-state index in [0.29, 0.717) is 52.4 Å². The maximum absolute atomic E-state index is 13.4. The number of nitrogens with zero attached hydrogens (tertiary/aromatic N) is 2. The van der Waals surface area contributed by atoms with Gasteiger partial charge in [0.2, 0.25) is 5.43 Å². The summed E-state index contributed by atoms with van der Waals surface area (Å²) in [7, 11) is 1.57. The molecule has 0 aliphatic carbocycles. The van der Waals surface area contributed by atoms with Gasteiger partial charge in [-0.3, -0.25) is 14.5 Å². The molecule has 4 aromatic rings. The first-order valence-corrected chi connectivity index (χ1v) is 11.9. The van der Waals surface area contributed by atoms with E-state index in [-0.39, 0.29) is 22.7 Å². The summed E-state index contributed by atoms with van der Waals surface area (Å²) in [6, 6.07) is 16.0. The predicted octanol–water partition coefficient (Wildman–Crippen LogP) is 3.96. The van der Waals surface area contributed by atoms with Crippen molar-refractivity contribution in [3.8, 4) is 22.6 Å². The molecule has 6 rings (SSSR count). The number of phenolic OH excluding ortho intramolecular Hbond substituents is 1. The molecule has 7 heteroatoms. The lowest BCUT2D eigenvalue weighted by Crippen LogP contribution is -2.46. The van der Waals surface area contributed by atoms with E-state index in [2.05, 4.69) is 4.90 Å². The molecular weight excluding hydrogens is 444 g/mol. The summed E-state index contributed by atoms with van der Waals surface area (Å²) < 4.78 is 13.3. The molecule has 0 spiro atoms. The molecule has 0 saturated carbocycles. The average Bonchev–Trinajstić information content (AvgIpc) is 2.87. The number of phenols is 1. The summed E-state index contributed by atoms with van der Waals surface area (Å²) in [4.78, 5) is 28.1. The molecule has 2 aromatic carbocycles. The zero-order chi connectivity index (χ0) is 24.1. The Morgan fingerprint density at radius 1 is 1.00 bits per heavy atom. The van der Waals surface area contributed by atoms with Crippen molar-refractivity contribution in [1.29, 1.82) is 0 Å².